The number of benzene rings is 2. The number of rotatable bonds is 6. The zero-order chi connectivity index (χ0) is 24.2. The monoisotopic (exact) mass is 462 g/mol. The second-order valence-corrected chi connectivity index (χ2v) is 6.95. The van der Waals surface area contributed by atoms with Crippen LogP contribution in [0.4, 0.5) is 11.4 Å². The van der Waals surface area contributed by atoms with Crippen LogP contribution in [-0.4, -0.2) is 25.2 Å². The van der Waals surface area contributed by atoms with E-state index >= 15 is 0 Å². The number of fused-ring (bicyclic) bond motifs is 2. The van der Waals surface area contributed by atoms with E-state index in [1.54, 1.807) is 26.0 Å². The Balaban J connectivity index is 1.63. The fourth-order valence-corrected chi connectivity index (χ4v) is 3.13. The fraction of sp³-hybridized carbons (Fsp3) is 0.167. The van der Waals surface area contributed by atoms with Crippen LogP contribution in [0.3, 0.4) is 0 Å². The van der Waals surface area contributed by atoms with Gasteiger partial charge < -0.3 is 18.3 Å². The Hall–Kier alpha value is -4.60. The van der Waals surface area contributed by atoms with Crippen LogP contribution in [-0.2, 0) is 9.47 Å². The Labute approximate surface area is 191 Å². The van der Waals surface area contributed by atoms with Gasteiger partial charge in [0.2, 0.25) is 11.5 Å². The van der Waals surface area contributed by atoms with Crippen molar-refractivity contribution in [2.75, 3.05) is 13.2 Å². The molecule has 0 aliphatic heterocycles. The van der Waals surface area contributed by atoms with E-state index in [9.17, 15) is 19.2 Å². The molecule has 0 radical (unpaired) electrons. The zero-order valence-corrected chi connectivity index (χ0v) is 18.2. The summed E-state index contributed by atoms with van der Waals surface area (Å²) < 4.78 is 20.6. The molecule has 0 aliphatic carbocycles. The predicted octanol–water partition coefficient (Wildman–Crippen LogP) is 4.67. The number of azo groups is 1. The standard InChI is InChI=1S/C24H18N2O8/c1-3-31-23(29)21-11-17(27)15-9-13(5-7-19(15)33-21)25-26-14-6-8-20-16(10-14)18(28)12-22(34-20)24(30)32-4-2/h5-12H,3-4H2,1-2H3/b26-25+. The van der Waals surface area contributed by atoms with E-state index < -0.39 is 22.8 Å². The van der Waals surface area contributed by atoms with Crippen molar-refractivity contribution >= 4 is 45.3 Å². The molecule has 0 saturated carbocycles. The lowest BCUT2D eigenvalue weighted by Crippen LogP contribution is -2.09. The van der Waals surface area contributed by atoms with E-state index in [0.29, 0.717) is 11.4 Å². The van der Waals surface area contributed by atoms with Crippen LogP contribution in [0.15, 0.2) is 77.2 Å². The van der Waals surface area contributed by atoms with Crippen LogP contribution < -0.4 is 10.9 Å². The van der Waals surface area contributed by atoms with Crippen molar-refractivity contribution in [2.45, 2.75) is 13.8 Å². The third kappa shape index (κ3) is 4.60. The van der Waals surface area contributed by atoms with Crippen LogP contribution >= 0.6 is 0 Å². The largest absolute Gasteiger partial charge is 0.460 e. The van der Waals surface area contributed by atoms with Gasteiger partial charge in [0.25, 0.3) is 0 Å². The van der Waals surface area contributed by atoms with Gasteiger partial charge >= 0.3 is 11.9 Å². The Morgan fingerprint density at radius 3 is 1.50 bits per heavy atom. The first-order valence-corrected chi connectivity index (χ1v) is 10.3. The van der Waals surface area contributed by atoms with Gasteiger partial charge in [-0.25, -0.2) is 9.59 Å². The van der Waals surface area contributed by atoms with Crippen molar-refractivity contribution in [3.8, 4) is 0 Å². The van der Waals surface area contributed by atoms with Crippen molar-refractivity contribution < 1.29 is 27.9 Å². The van der Waals surface area contributed by atoms with E-state index in [1.807, 2.05) is 0 Å². The Bertz CT molecular complexity index is 1450. The molecule has 0 fully saturated rings. The van der Waals surface area contributed by atoms with Gasteiger partial charge in [-0.05, 0) is 50.2 Å². The molecule has 0 atom stereocenters. The highest BCUT2D eigenvalue weighted by Gasteiger charge is 2.15. The molecule has 2 heterocycles. The topological polar surface area (TPSA) is 138 Å². The number of carbonyl (C=O) groups excluding carboxylic acids is 2. The number of esters is 2. The first kappa shape index (κ1) is 22.6. The van der Waals surface area contributed by atoms with Crippen LogP contribution in [0.1, 0.15) is 35.0 Å². The van der Waals surface area contributed by atoms with E-state index in [2.05, 4.69) is 10.2 Å². The van der Waals surface area contributed by atoms with Crippen molar-refractivity contribution in [3.63, 3.8) is 0 Å². The molecule has 0 spiro atoms. The summed E-state index contributed by atoms with van der Waals surface area (Å²) in [6.07, 6.45) is 0. The second kappa shape index (κ2) is 9.49. The number of nitrogens with zero attached hydrogens (tertiary/aromatic N) is 2. The Morgan fingerprint density at radius 2 is 1.12 bits per heavy atom. The summed E-state index contributed by atoms with van der Waals surface area (Å²) in [6.45, 7) is 3.61. The number of ether oxygens (including phenoxy) is 2. The fourth-order valence-electron chi connectivity index (χ4n) is 3.13. The average Bonchev–Trinajstić information content (AvgIpc) is 2.83. The van der Waals surface area contributed by atoms with E-state index in [1.165, 1.54) is 24.3 Å². The Morgan fingerprint density at radius 1 is 0.706 bits per heavy atom. The quantitative estimate of drug-likeness (QED) is 0.298. The van der Waals surface area contributed by atoms with E-state index in [4.69, 9.17) is 18.3 Å². The highest BCUT2D eigenvalue weighted by Crippen LogP contribution is 2.25. The first-order valence-electron chi connectivity index (χ1n) is 10.3. The third-order valence-corrected chi connectivity index (χ3v) is 4.66. The maximum absolute atomic E-state index is 12.4. The van der Waals surface area contributed by atoms with Crippen LogP contribution in [0, 0.1) is 0 Å². The lowest BCUT2D eigenvalue weighted by molar-refractivity contribution is 0.0482. The lowest BCUT2D eigenvalue weighted by atomic mass is 10.2. The summed E-state index contributed by atoms with van der Waals surface area (Å²) in [5.74, 6) is -1.81. The van der Waals surface area contributed by atoms with Crippen molar-refractivity contribution in [1.29, 1.82) is 0 Å². The summed E-state index contributed by atoms with van der Waals surface area (Å²) >= 11 is 0. The van der Waals surface area contributed by atoms with Gasteiger partial charge in [0.05, 0.1) is 35.4 Å². The van der Waals surface area contributed by atoms with Gasteiger partial charge in [-0.3, -0.25) is 9.59 Å². The zero-order valence-electron chi connectivity index (χ0n) is 18.2. The molecule has 2 aromatic heterocycles. The number of hydrogen-bond donors (Lipinski definition) is 0. The number of hydrogen-bond acceptors (Lipinski definition) is 10. The van der Waals surface area contributed by atoms with Crippen molar-refractivity contribution in [2.24, 2.45) is 10.2 Å². The molecule has 0 unspecified atom stereocenters. The summed E-state index contributed by atoms with van der Waals surface area (Å²) in [5.41, 5.74) is 0.261. The van der Waals surface area contributed by atoms with Crippen LogP contribution in [0.5, 0.6) is 0 Å². The molecule has 34 heavy (non-hydrogen) atoms. The second-order valence-electron chi connectivity index (χ2n) is 6.95. The summed E-state index contributed by atoms with van der Waals surface area (Å²) in [7, 11) is 0. The van der Waals surface area contributed by atoms with Gasteiger partial charge in [-0.2, -0.15) is 10.2 Å². The molecular weight excluding hydrogens is 444 g/mol. The van der Waals surface area contributed by atoms with Gasteiger partial charge in [-0.1, -0.05) is 0 Å². The Kier molecular flexibility index (Phi) is 6.30. The van der Waals surface area contributed by atoms with Gasteiger partial charge in [0.1, 0.15) is 11.2 Å². The normalized spacial score (nSPS) is 11.2. The van der Waals surface area contributed by atoms with E-state index in [0.717, 1.165) is 12.1 Å². The molecule has 4 rings (SSSR count). The van der Waals surface area contributed by atoms with E-state index in [-0.39, 0.29) is 46.7 Å². The molecule has 0 N–H and O–H groups in total. The summed E-state index contributed by atoms with van der Waals surface area (Å²) in [6, 6.07) is 11.2. The van der Waals surface area contributed by atoms with Crippen LogP contribution in [0.2, 0.25) is 0 Å². The minimum Gasteiger partial charge on any atom is -0.460 e. The van der Waals surface area contributed by atoms with Gasteiger partial charge in [-0.15, -0.1) is 0 Å². The number of carbonyl (C=O) groups is 2. The SMILES string of the molecule is CCOC(=O)c1cc(=O)c2cc(/N=N/c3ccc4oc(C(=O)OCC)cc(=O)c4c3)ccc2o1. The highest BCUT2D eigenvalue weighted by molar-refractivity contribution is 5.90. The summed E-state index contributed by atoms with van der Waals surface area (Å²) in [4.78, 5) is 48.5. The lowest BCUT2D eigenvalue weighted by Gasteiger charge is -2.03. The molecule has 4 aromatic rings. The molecule has 172 valence electrons. The minimum atomic E-state index is -0.722. The molecule has 2 aromatic carbocycles. The smallest absolute Gasteiger partial charge is 0.374 e. The first-order chi connectivity index (χ1) is 16.4. The molecule has 0 saturated heterocycles. The minimum absolute atomic E-state index is 0.156. The molecular formula is C24H18N2O8. The molecule has 10 heteroatoms. The molecule has 10 nitrogen and oxygen atoms in total. The molecule has 0 bridgehead atoms. The molecule has 0 aliphatic rings. The average molecular weight is 462 g/mol. The maximum Gasteiger partial charge on any atom is 0.374 e. The third-order valence-electron chi connectivity index (χ3n) is 4.66. The molecule has 0 amide bonds. The predicted molar refractivity (Wildman–Crippen MR) is 121 cm³/mol. The van der Waals surface area contributed by atoms with Gasteiger partial charge in [0.15, 0.2) is 10.9 Å². The van der Waals surface area contributed by atoms with Gasteiger partial charge in [0, 0.05) is 12.1 Å². The maximum atomic E-state index is 12.4. The summed E-state index contributed by atoms with van der Waals surface area (Å²) in [5, 5.41) is 8.65. The van der Waals surface area contributed by atoms with Crippen molar-refractivity contribution in [1.82, 2.24) is 0 Å². The highest BCUT2D eigenvalue weighted by atomic mass is 16.5. The van der Waals surface area contributed by atoms with Crippen LogP contribution in [0.25, 0.3) is 21.9 Å². The van der Waals surface area contributed by atoms with Crippen molar-refractivity contribution in [3.05, 3.63) is 80.5 Å².